The number of rotatable bonds is 4. The Bertz CT molecular complexity index is 572. The summed E-state index contributed by atoms with van der Waals surface area (Å²) in [6.45, 7) is 3.32. The zero-order valence-electron chi connectivity index (χ0n) is 14.1. The summed E-state index contributed by atoms with van der Waals surface area (Å²) in [5, 5.41) is 20.2. The number of fused-ring (bicyclic) bond motifs is 2. The lowest BCUT2D eigenvalue weighted by atomic mass is 9.58. The molecular formula is C19H27NO4. The van der Waals surface area contributed by atoms with E-state index in [-0.39, 0.29) is 30.1 Å². The van der Waals surface area contributed by atoms with Gasteiger partial charge in [-0.2, -0.15) is 0 Å². The van der Waals surface area contributed by atoms with Crippen LogP contribution < -0.4 is 9.47 Å². The Morgan fingerprint density at radius 1 is 1.00 bits per heavy atom. The van der Waals surface area contributed by atoms with E-state index in [1.54, 1.807) is 0 Å². The molecule has 24 heavy (non-hydrogen) atoms. The smallest absolute Gasteiger partial charge is 0.161 e. The average Bonchev–Trinajstić information content (AvgIpc) is 2.96. The number of aliphatic hydroxyl groups excluding tert-OH is 2. The highest BCUT2D eigenvalue weighted by molar-refractivity contribution is 5.40. The van der Waals surface area contributed by atoms with Crippen molar-refractivity contribution in [1.29, 1.82) is 0 Å². The van der Waals surface area contributed by atoms with Crippen LogP contribution in [0.5, 0.6) is 11.5 Å². The number of nitrogens with zero attached hydrogens (tertiary/aromatic N) is 1. The number of ether oxygens (including phenoxy) is 2. The predicted molar refractivity (Wildman–Crippen MR) is 90.3 cm³/mol. The van der Waals surface area contributed by atoms with Crippen molar-refractivity contribution in [3.8, 4) is 11.5 Å². The molecule has 1 saturated heterocycles. The lowest BCUT2D eigenvalue weighted by molar-refractivity contribution is -0.0490. The van der Waals surface area contributed by atoms with Crippen LogP contribution in [0.2, 0.25) is 0 Å². The van der Waals surface area contributed by atoms with E-state index in [1.807, 2.05) is 24.3 Å². The summed E-state index contributed by atoms with van der Waals surface area (Å²) in [6.07, 6.45) is 4.29. The summed E-state index contributed by atoms with van der Waals surface area (Å²) in [5.41, 5.74) is -0.319. The van der Waals surface area contributed by atoms with Gasteiger partial charge in [0.15, 0.2) is 11.5 Å². The fourth-order valence-corrected chi connectivity index (χ4v) is 5.03. The Balaban J connectivity index is 1.47. The molecule has 1 aliphatic carbocycles. The van der Waals surface area contributed by atoms with Crippen molar-refractivity contribution in [2.45, 2.75) is 31.8 Å². The van der Waals surface area contributed by atoms with Gasteiger partial charge in [-0.05, 0) is 25.0 Å². The van der Waals surface area contributed by atoms with Crippen LogP contribution in [0.4, 0.5) is 0 Å². The Hall–Kier alpha value is -1.30. The lowest BCUT2D eigenvalue weighted by Crippen LogP contribution is -2.48. The highest BCUT2D eigenvalue weighted by Crippen LogP contribution is 2.55. The van der Waals surface area contributed by atoms with Gasteiger partial charge < -0.3 is 19.7 Å². The highest BCUT2D eigenvalue weighted by Gasteiger charge is 2.57. The van der Waals surface area contributed by atoms with Crippen LogP contribution in [0.25, 0.3) is 0 Å². The van der Waals surface area contributed by atoms with Crippen LogP contribution in [0.1, 0.15) is 25.7 Å². The molecular weight excluding hydrogens is 306 g/mol. The molecule has 0 radical (unpaired) electrons. The highest BCUT2D eigenvalue weighted by atomic mass is 16.6. The molecule has 2 N–H and O–H groups in total. The molecule has 1 aromatic rings. The number of benzene rings is 1. The zero-order valence-corrected chi connectivity index (χ0v) is 14.1. The van der Waals surface area contributed by atoms with Gasteiger partial charge in [0.2, 0.25) is 0 Å². The molecule has 0 aromatic heterocycles. The molecule has 3 atom stereocenters. The summed E-state index contributed by atoms with van der Waals surface area (Å²) in [7, 11) is 0. The minimum Gasteiger partial charge on any atom is -0.486 e. The quantitative estimate of drug-likeness (QED) is 0.878. The van der Waals surface area contributed by atoms with Crippen LogP contribution in [-0.2, 0) is 0 Å². The molecule has 132 valence electrons. The van der Waals surface area contributed by atoms with E-state index >= 15 is 0 Å². The minimum absolute atomic E-state index is 0.00783. The summed E-state index contributed by atoms with van der Waals surface area (Å²) in [6, 6.07) is 7.77. The van der Waals surface area contributed by atoms with Crippen molar-refractivity contribution in [2.75, 3.05) is 39.5 Å². The summed E-state index contributed by atoms with van der Waals surface area (Å²) in [5.74, 6) is 1.61. The zero-order chi connectivity index (χ0) is 16.6. The van der Waals surface area contributed by atoms with Gasteiger partial charge in [-0.3, -0.25) is 4.90 Å². The molecule has 1 aromatic carbocycles. The van der Waals surface area contributed by atoms with Gasteiger partial charge in [0, 0.05) is 30.5 Å². The van der Waals surface area contributed by atoms with Gasteiger partial charge in [-0.25, -0.2) is 0 Å². The first-order chi connectivity index (χ1) is 11.7. The first-order valence-electron chi connectivity index (χ1n) is 9.03. The topological polar surface area (TPSA) is 62.2 Å². The molecule has 2 heterocycles. The first kappa shape index (κ1) is 16.2. The fraction of sp³-hybridized carbons (Fsp3) is 0.684. The second-order valence-electron chi connectivity index (χ2n) is 7.75. The maximum Gasteiger partial charge on any atom is 0.161 e. The molecule has 2 fully saturated rings. The summed E-state index contributed by atoms with van der Waals surface area (Å²) in [4.78, 5) is 2.36. The Morgan fingerprint density at radius 3 is 2.25 bits per heavy atom. The molecule has 0 spiro atoms. The van der Waals surface area contributed by atoms with Crippen LogP contribution in [0.3, 0.4) is 0 Å². The molecule has 2 aliphatic heterocycles. The SMILES string of the molecule is OC[C@@]12CCCC[C@]1(CO)CN(CC1COc3ccccc3O1)C2. The van der Waals surface area contributed by atoms with E-state index in [1.165, 1.54) is 0 Å². The van der Waals surface area contributed by atoms with Crippen LogP contribution in [0.15, 0.2) is 24.3 Å². The van der Waals surface area contributed by atoms with Gasteiger partial charge in [-0.15, -0.1) is 0 Å². The maximum absolute atomic E-state index is 10.1. The molecule has 1 unspecified atom stereocenters. The summed E-state index contributed by atoms with van der Waals surface area (Å²) < 4.78 is 11.9. The summed E-state index contributed by atoms with van der Waals surface area (Å²) >= 11 is 0. The second kappa shape index (κ2) is 6.21. The van der Waals surface area contributed by atoms with Crippen molar-refractivity contribution in [3.05, 3.63) is 24.3 Å². The van der Waals surface area contributed by atoms with Gasteiger partial charge in [-0.1, -0.05) is 25.0 Å². The second-order valence-corrected chi connectivity index (χ2v) is 7.75. The van der Waals surface area contributed by atoms with Crippen molar-refractivity contribution in [1.82, 2.24) is 4.90 Å². The van der Waals surface area contributed by atoms with E-state index in [2.05, 4.69) is 4.90 Å². The van der Waals surface area contributed by atoms with E-state index in [0.29, 0.717) is 6.61 Å². The minimum atomic E-state index is -0.159. The number of hydrogen-bond donors (Lipinski definition) is 2. The van der Waals surface area contributed by atoms with Gasteiger partial charge in [0.25, 0.3) is 0 Å². The van der Waals surface area contributed by atoms with Gasteiger partial charge in [0.05, 0.1) is 13.2 Å². The van der Waals surface area contributed by atoms with Crippen LogP contribution in [0, 0.1) is 10.8 Å². The maximum atomic E-state index is 10.1. The fourth-order valence-electron chi connectivity index (χ4n) is 5.03. The van der Waals surface area contributed by atoms with Crippen molar-refractivity contribution < 1.29 is 19.7 Å². The average molecular weight is 333 g/mol. The standard InChI is InChI=1S/C19H27NO4/c21-13-18-7-3-4-8-19(18,14-22)12-20(11-18)9-15-10-23-16-5-1-2-6-17(16)24-15/h1-2,5-6,15,21-22H,3-4,7-14H2/t15?,18-,19+. The lowest BCUT2D eigenvalue weighted by Gasteiger charge is -2.46. The number of aliphatic hydroxyl groups is 2. The van der Waals surface area contributed by atoms with E-state index < -0.39 is 0 Å². The molecule has 5 nitrogen and oxygen atoms in total. The van der Waals surface area contributed by atoms with Crippen molar-refractivity contribution in [3.63, 3.8) is 0 Å². The van der Waals surface area contributed by atoms with Gasteiger partial charge >= 0.3 is 0 Å². The third-order valence-corrected chi connectivity index (χ3v) is 6.37. The molecule has 3 aliphatic rings. The number of likely N-dealkylation sites (tertiary alicyclic amines) is 1. The van der Waals surface area contributed by atoms with Crippen molar-refractivity contribution >= 4 is 0 Å². The van der Waals surface area contributed by atoms with Crippen LogP contribution >= 0.6 is 0 Å². The molecule has 5 heteroatoms. The third kappa shape index (κ3) is 2.50. The normalized spacial score (nSPS) is 35.7. The third-order valence-electron chi connectivity index (χ3n) is 6.37. The number of hydrogen-bond acceptors (Lipinski definition) is 5. The Morgan fingerprint density at radius 2 is 1.62 bits per heavy atom. The Kier molecular flexibility index (Phi) is 4.19. The largest absolute Gasteiger partial charge is 0.486 e. The molecule has 1 saturated carbocycles. The van der Waals surface area contributed by atoms with Crippen molar-refractivity contribution in [2.24, 2.45) is 10.8 Å². The molecule has 0 bridgehead atoms. The first-order valence-corrected chi connectivity index (χ1v) is 9.03. The van der Waals surface area contributed by atoms with E-state index in [0.717, 1.165) is 56.8 Å². The van der Waals surface area contributed by atoms with Crippen LogP contribution in [-0.4, -0.2) is 60.7 Å². The Labute approximate surface area is 143 Å². The number of para-hydroxylation sites is 2. The van der Waals surface area contributed by atoms with Gasteiger partial charge in [0.1, 0.15) is 12.7 Å². The van der Waals surface area contributed by atoms with E-state index in [9.17, 15) is 10.2 Å². The van der Waals surface area contributed by atoms with E-state index in [4.69, 9.17) is 9.47 Å². The predicted octanol–water partition coefficient (Wildman–Crippen LogP) is 1.67. The molecule has 4 rings (SSSR count). The molecule has 0 amide bonds. The monoisotopic (exact) mass is 333 g/mol.